The highest BCUT2D eigenvalue weighted by Gasteiger charge is 2.13. The molecule has 0 atom stereocenters. The third-order valence-corrected chi connectivity index (χ3v) is 5.79. The molecule has 0 saturated carbocycles. The number of carbonyl (C=O) groups is 1. The Labute approximate surface area is 217 Å². The fraction of sp³-hybridized carbons (Fsp3) is 0.207. The molecule has 1 amide bonds. The predicted octanol–water partition coefficient (Wildman–Crippen LogP) is 4.45. The second-order valence-corrected chi connectivity index (χ2v) is 9.00. The maximum Gasteiger partial charge on any atom is 0.302 e. The number of rotatable bonds is 6. The van der Waals surface area contributed by atoms with Crippen LogP contribution in [0.3, 0.4) is 0 Å². The molecule has 1 aliphatic rings. The van der Waals surface area contributed by atoms with Crippen LogP contribution in [-0.2, 0) is 4.79 Å². The average molecular weight is 495 g/mol. The third kappa shape index (κ3) is 6.15. The fourth-order valence-electron chi connectivity index (χ4n) is 3.59. The summed E-state index contributed by atoms with van der Waals surface area (Å²) in [6.07, 6.45) is 7.23. The van der Waals surface area contributed by atoms with Gasteiger partial charge in [0, 0.05) is 48.8 Å². The molecule has 0 unspecified atom stereocenters. The van der Waals surface area contributed by atoms with Gasteiger partial charge in [0.1, 0.15) is 23.7 Å². The van der Waals surface area contributed by atoms with E-state index >= 15 is 0 Å². The van der Waals surface area contributed by atoms with Gasteiger partial charge in [0.05, 0.1) is 12.1 Å². The van der Waals surface area contributed by atoms with Crippen LogP contribution in [0.25, 0.3) is 10.9 Å². The molecule has 8 heteroatoms. The molecule has 2 heterocycles. The smallest absolute Gasteiger partial charge is 0.302 e. The number of nitrogens with zero attached hydrogens (tertiary/aromatic N) is 5. The minimum atomic E-state index is -0.281. The van der Waals surface area contributed by atoms with Crippen LogP contribution in [-0.4, -0.2) is 60.4 Å². The summed E-state index contributed by atoms with van der Waals surface area (Å²) >= 11 is 0. The highest BCUT2D eigenvalue weighted by molar-refractivity contribution is 6.06. The Kier molecular flexibility index (Phi) is 7.56. The quantitative estimate of drug-likeness (QED) is 0.508. The van der Waals surface area contributed by atoms with E-state index in [9.17, 15) is 4.79 Å². The number of carbonyl (C=O) groups excluding carboxylic acids is 1. The Bertz CT molecular complexity index is 1480. The van der Waals surface area contributed by atoms with E-state index in [4.69, 9.17) is 4.74 Å². The zero-order chi connectivity index (χ0) is 26.5. The number of ether oxygens (including phenoxy) is 1. The van der Waals surface area contributed by atoms with Crippen molar-refractivity contribution in [3.05, 3.63) is 84.7 Å². The van der Waals surface area contributed by atoms with Gasteiger partial charge < -0.3 is 19.9 Å². The lowest BCUT2D eigenvalue weighted by Crippen LogP contribution is -2.24. The lowest BCUT2D eigenvalue weighted by Gasteiger charge is -2.20. The van der Waals surface area contributed by atoms with Crippen molar-refractivity contribution < 1.29 is 9.53 Å². The van der Waals surface area contributed by atoms with Crippen molar-refractivity contribution in [3.63, 3.8) is 0 Å². The summed E-state index contributed by atoms with van der Waals surface area (Å²) in [5, 5.41) is 4.17. The normalized spacial score (nSPS) is 12.8. The number of likely N-dealkylation sites (N-methyl/N-ethyl adjacent to an activating group) is 1. The molecule has 0 bridgehead atoms. The molecule has 1 aromatic heterocycles. The van der Waals surface area contributed by atoms with Crippen LogP contribution < -0.4 is 15.0 Å². The molecule has 0 aliphatic carbocycles. The molecule has 0 fully saturated rings. The molecular weight excluding hydrogens is 464 g/mol. The number of hydrogen-bond donors (Lipinski definition) is 1. The van der Waals surface area contributed by atoms with Gasteiger partial charge in [-0.25, -0.2) is 9.97 Å². The number of hydrogen-bond acceptors (Lipinski definition) is 7. The van der Waals surface area contributed by atoms with E-state index in [-0.39, 0.29) is 5.91 Å². The largest absolute Gasteiger partial charge is 0.457 e. The summed E-state index contributed by atoms with van der Waals surface area (Å²) in [5.74, 6) is 7.40. The minimum absolute atomic E-state index is 0.281. The van der Waals surface area contributed by atoms with Gasteiger partial charge in [-0.15, -0.1) is 0 Å². The van der Waals surface area contributed by atoms with E-state index in [1.54, 1.807) is 7.05 Å². The summed E-state index contributed by atoms with van der Waals surface area (Å²) in [6, 6.07) is 11.5. The lowest BCUT2D eigenvalue weighted by molar-refractivity contribution is -0.113. The van der Waals surface area contributed by atoms with E-state index in [0.29, 0.717) is 18.1 Å². The first kappa shape index (κ1) is 25.5. The SMILES string of the molecule is C=C1C=C(Oc2ccc(Nc3ncnc4ccc(N(C)C(=O)C#CCN(C)C)cc34)cc2C)C=CN1C. The summed E-state index contributed by atoms with van der Waals surface area (Å²) in [6.45, 7) is 6.51. The first-order chi connectivity index (χ1) is 17.7. The van der Waals surface area contributed by atoms with E-state index in [1.165, 1.54) is 11.2 Å². The zero-order valence-electron chi connectivity index (χ0n) is 21.7. The number of allylic oxidation sites excluding steroid dienone is 2. The van der Waals surface area contributed by atoms with Crippen LogP contribution in [0.1, 0.15) is 5.56 Å². The van der Waals surface area contributed by atoms with Crippen molar-refractivity contribution >= 4 is 34.0 Å². The Balaban J connectivity index is 1.55. The van der Waals surface area contributed by atoms with Crippen LogP contribution in [0, 0.1) is 18.8 Å². The molecular formula is C29H30N6O2. The molecule has 188 valence electrons. The van der Waals surface area contributed by atoms with Crippen molar-refractivity contribution in [1.29, 1.82) is 0 Å². The molecule has 2 aromatic carbocycles. The molecule has 1 N–H and O–H groups in total. The summed E-state index contributed by atoms with van der Waals surface area (Å²) < 4.78 is 6.07. The first-order valence-electron chi connectivity index (χ1n) is 11.7. The third-order valence-electron chi connectivity index (χ3n) is 5.79. The molecule has 1 aliphatic heterocycles. The molecule has 8 nitrogen and oxygen atoms in total. The maximum absolute atomic E-state index is 12.5. The maximum atomic E-state index is 12.5. The van der Waals surface area contributed by atoms with Crippen LogP contribution in [0.2, 0.25) is 0 Å². The number of fused-ring (bicyclic) bond motifs is 1. The van der Waals surface area contributed by atoms with Crippen LogP contribution in [0.4, 0.5) is 17.2 Å². The number of amides is 1. The molecule has 0 saturated heterocycles. The molecule has 0 spiro atoms. The number of nitrogens with one attached hydrogen (secondary N) is 1. The van der Waals surface area contributed by atoms with Crippen molar-refractivity contribution in [2.45, 2.75) is 6.92 Å². The van der Waals surface area contributed by atoms with Crippen molar-refractivity contribution in [3.8, 4) is 17.6 Å². The monoisotopic (exact) mass is 494 g/mol. The number of aromatic nitrogens is 2. The van der Waals surface area contributed by atoms with Crippen molar-refractivity contribution in [2.24, 2.45) is 0 Å². The molecule has 37 heavy (non-hydrogen) atoms. The topological polar surface area (TPSA) is 73.8 Å². The van der Waals surface area contributed by atoms with Gasteiger partial charge in [-0.3, -0.25) is 9.69 Å². The second kappa shape index (κ2) is 11.0. The van der Waals surface area contributed by atoms with Gasteiger partial charge in [0.2, 0.25) is 0 Å². The molecule has 0 radical (unpaired) electrons. The molecule has 3 aromatic rings. The molecule has 4 rings (SSSR count). The van der Waals surface area contributed by atoms with Gasteiger partial charge in [-0.1, -0.05) is 12.5 Å². The van der Waals surface area contributed by atoms with Crippen LogP contribution in [0.15, 0.2) is 79.1 Å². The van der Waals surface area contributed by atoms with Gasteiger partial charge in [0.15, 0.2) is 0 Å². The van der Waals surface area contributed by atoms with E-state index in [0.717, 1.165) is 39.4 Å². The Morgan fingerprint density at radius 1 is 1.16 bits per heavy atom. The van der Waals surface area contributed by atoms with E-state index in [2.05, 4.69) is 33.7 Å². The second-order valence-electron chi connectivity index (χ2n) is 9.00. The predicted molar refractivity (Wildman–Crippen MR) is 148 cm³/mol. The van der Waals surface area contributed by atoms with Gasteiger partial charge in [-0.05, 0) is 75.0 Å². The fourth-order valence-corrected chi connectivity index (χ4v) is 3.59. The number of benzene rings is 2. The summed E-state index contributed by atoms with van der Waals surface area (Å²) in [4.78, 5) is 26.7. The Hall–Kier alpha value is -4.61. The van der Waals surface area contributed by atoms with Crippen LogP contribution >= 0.6 is 0 Å². The minimum Gasteiger partial charge on any atom is -0.457 e. The van der Waals surface area contributed by atoms with Gasteiger partial charge in [0.25, 0.3) is 0 Å². The number of aryl methyl sites for hydroxylation is 1. The van der Waals surface area contributed by atoms with Crippen LogP contribution in [0.5, 0.6) is 5.75 Å². The van der Waals surface area contributed by atoms with Gasteiger partial charge in [-0.2, -0.15) is 0 Å². The highest BCUT2D eigenvalue weighted by Crippen LogP contribution is 2.30. The number of anilines is 3. The Morgan fingerprint density at radius 3 is 2.70 bits per heavy atom. The van der Waals surface area contributed by atoms with E-state index in [1.807, 2.05) is 92.6 Å². The lowest BCUT2D eigenvalue weighted by atomic mass is 10.1. The zero-order valence-corrected chi connectivity index (χ0v) is 21.7. The highest BCUT2D eigenvalue weighted by atomic mass is 16.5. The summed E-state index contributed by atoms with van der Waals surface area (Å²) in [7, 11) is 7.46. The van der Waals surface area contributed by atoms with Crippen molar-refractivity contribution in [2.75, 3.05) is 45.0 Å². The average Bonchev–Trinajstić information content (AvgIpc) is 2.87. The van der Waals surface area contributed by atoms with Gasteiger partial charge >= 0.3 is 5.91 Å². The standard InChI is InChI=1S/C29H30N6O2/c1-20-16-22(9-12-27(20)37-24-13-15-34(5)21(2)17-24)32-29-25-18-23(10-11-26(25)30-19-31-29)35(6)28(36)8-7-14-33(3)4/h9-13,15-19H,2,14H2,1,3-6H3,(H,30,31,32). The first-order valence-corrected chi connectivity index (χ1v) is 11.7. The Morgan fingerprint density at radius 2 is 1.97 bits per heavy atom. The van der Waals surface area contributed by atoms with E-state index < -0.39 is 0 Å². The van der Waals surface area contributed by atoms with Crippen molar-refractivity contribution in [1.82, 2.24) is 19.8 Å². The summed E-state index contributed by atoms with van der Waals surface area (Å²) in [5.41, 5.74) is 4.14.